The van der Waals surface area contributed by atoms with Crippen molar-refractivity contribution in [1.82, 2.24) is 14.6 Å². The van der Waals surface area contributed by atoms with Gasteiger partial charge in [-0.25, -0.2) is 17.9 Å². The van der Waals surface area contributed by atoms with E-state index in [0.717, 1.165) is 16.3 Å². The minimum atomic E-state index is -3.47. The number of fused-ring (bicyclic) bond motifs is 1. The minimum absolute atomic E-state index is 0.0552. The van der Waals surface area contributed by atoms with E-state index in [1.807, 2.05) is 30.3 Å². The van der Waals surface area contributed by atoms with Gasteiger partial charge in [-0.1, -0.05) is 30.3 Å². The van der Waals surface area contributed by atoms with Crippen molar-refractivity contribution in [3.63, 3.8) is 0 Å². The van der Waals surface area contributed by atoms with Gasteiger partial charge in [-0.05, 0) is 28.9 Å². The van der Waals surface area contributed by atoms with Gasteiger partial charge in [0.15, 0.2) is 0 Å². The summed E-state index contributed by atoms with van der Waals surface area (Å²) < 4.78 is 26.0. The Morgan fingerprint density at radius 2 is 1.86 bits per heavy atom. The van der Waals surface area contributed by atoms with Gasteiger partial charge in [0, 0.05) is 17.5 Å². The first-order valence-electron chi connectivity index (χ1n) is 6.19. The molecule has 0 atom stereocenters. The number of sulfone groups is 1. The Kier molecular flexibility index (Phi) is 3.33. The first-order valence-corrected chi connectivity index (χ1v) is 8.88. The summed E-state index contributed by atoms with van der Waals surface area (Å²) in [5, 5.41) is 4.36. The fraction of sp³-hybridized carbons (Fsp3) is 0.143. The van der Waals surface area contributed by atoms with E-state index in [4.69, 9.17) is 0 Å². The lowest BCUT2D eigenvalue weighted by Gasteiger charge is -2.02. The van der Waals surface area contributed by atoms with E-state index < -0.39 is 9.84 Å². The predicted molar refractivity (Wildman–Crippen MR) is 84.0 cm³/mol. The van der Waals surface area contributed by atoms with Crippen molar-refractivity contribution in [2.24, 2.45) is 0 Å². The Hall–Kier alpha value is -1.73. The van der Waals surface area contributed by atoms with Gasteiger partial charge in [-0.3, -0.25) is 0 Å². The number of hydrogen-bond acceptors (Lipinski definition) is 4. The first-order chi connectivity index (χ1) is 9.88. The van der Waals surface area contributed by atoms with Crippen LogP contribution in [0, 0.1) is 6.92 Å². The molecule has 2 heterocycles. The number of hydrogen-bond donors (Lipinski definition) is 0. The molecule has 3 aromatic rings. The zero-order valence-electron chi connectivity index (χ0n) is 11.4. The van der Waals surface area contributed by atoms with Gasteiger partial charge < -0.3 is 0 Å². The summed E-state index contributed by atoms with van der Waals surface area (Å²) in [6.45, 7) is 1.76. The van der Waals surface area contributed by atoms with E-state index in [-0.39, 0.29) is 5.16 Å². The summed E-state index contributed by atoms with van der Waals surface area (Å²) in [6, 6.07) is 11.4. The lowest BCUT2D eigenvalue weighted by Crippen LogP contribution is -2.10. The molecule has 3 rings (SSSR count). The standard InChI is InChI=1S/C14H12BrN3O2S/c1-9-8-11-12(15)13(10-6-4-3-5-7-10)17-18(11)14(16-9)21(2,19)20/h3-8H,1-2H3. The van der Waals surface area contributed by atoms with Gasteiger partial charge in [0.05, 0.1) is 9.99 Å². The Balaban J connectivity index is 2.40. The molecule has 0 fully saturated rings. The molecule has 21 heavy (non-hydrogen) atoms. The number of benzene rings is 1. The summed E-state index contributed by atoms with van der Waals surface area (Å²) in [6.07, 6.45) is 1.13. The van der Waals surface area contributed by atoms with E-state index in [0.29, 0.717) is 16.9 Å². The fourth-order valence-electron chi connectivity index (χ4n) is 2.13. The van der Waals surface area contributed by atoms with Crippen LogP contribution in [0.25, 0.3) is 16.8 Å². The van der Waals surface area contributed by atoms with Crippen LogP contribution < -0.4 is 0 Å². The highest BCUT2D eigenvalue weighted by Gasteiger charge is 2.20. The van der Waals surface area contributed by atoms with E-state index in [2.05, 4.69) is 26.0 Å². The molecular formula is C14H12BrN3O2S. The van der Waals surface area contributed by atoms with Crippen molar-refractivity contribution in [2.75, 3.05) is 6.26 Å². The highest BCUT2D eigenvalue weighted by Crippen LogP contribution is 2.32. The number of nitrogens with zero attached hydrogens (tertiary/aromatic N) is 3. The molecule has 0 bridgehead atoms. The third-order valence-electron chi connectivity index (χ3n) is 3.04. The third kappa shape index (κ3) is 2.47. The Morgan fingerprint density at radius 1 is 1.19 bits per heavy atom. The Bertz CT molecular complexity index is 934. The maximum absolute atomic E-state index is 11.9. The van der Waals surface area contributed by atoms with Gasteiger partial charge in [0.1, 0.15) is 5.69 Å². The number of rotatable bonds is 2. The van der Waals surface area contributed by atoms with Crippen molar-refractivity contribution in [3.05, 3.63) is 46.6 Å². The van der Waals surface area contributed by atoms with Gasteiger partial charge in [0.2, 0.25) is 15.0 Å². The largest absolute Gasteiger partial charge is 0.248 e. The molecule has 5 nitrogen and oxygen atoms in total. The average molecular weight is 366 g/mol. The predicted octanol–water partition coefficient (Wildman–Crippen LogP) is 2.87. The number of halogens is 1. The maximum Gasteiger partial charge on any atom is 0.248 e. The van der Waals surface area contributed by atoms with Crippen molar-refractivity contribution in [2.45, 2.75) is 12.1 Å². The molecule has 0 aliphatic rings. The molecular weight excluding hydrogens is 354 g/mol. The second kappa shape index (κ2) is 4.92. The van der Waals surface area contributed by atoms with Crippen LogP contribution in [-0.2, 0) is 9.84 Å². The van der Waals surface area contributed by atoms with Crippen LogP contribution in [0.15, 0.2) is 46.0 Å². The minimum Gasteiger partial charge on any atom is -0.224 e. The third-order valence-corrected chi connectivity index (χ3v) is 4.75. The van der Waals surface area contributed by atoms with E-state index in [1.165, 1.54) is 4.52 Å². The quantitative estimate of drug-likeness (QED) is 0.655. The van der Waals surface area contributed by atoms with Crippen LogP contribution in [0.3, 0.4) is 0 Å². The van der Waals surface area contributed by atoms with Crippen molar-refractivity contribution in [1.29, 1.82) is 0 Å². The molecule has 1 aromatic carbocycles. The van der Waals surface area contributed by atoms with E-state index >= 15 is 0 Å². The maximum atomic E-state index is 11.9. The Labute approximate surface area is 130 Å². The lowest BCUT2D eigenvalue weighted by atomic mass is 10.1. The van der Waals surface area contributed by atoms with Crippen molar-refractivity contribution < 1.29 is 8.42 Å². The highest BCUT2D eigenvalue weighted by atomic mass is 79.9. The van der Waals surface area contributed by atoms with Crippen LogP contribution in [0.5, 0.6) is 0 Å². The van der Waals surface area contributed by atoms with Gasteiger partial charge in [-0.15, -0.1) is 0 Å². The van der Waals surface area contributed by atoms with E-state index in [9.17, 15) is 8.42 Å². The molecule has 0 amide bonds. The molecule has 0 saturated heterocycles. The van der Waals surface area contributed by atoms with Gasteiger partial charge in [0.25, 0.3) is 0 Å². The van der Waals surface area contributed by atoms with Crippen LogP contribution in [0.4, 0.5) is 0 Å². The highest BCUT2D eigenvalue weighted by molar-refractivity contribution is 9.10. The van der Waals surface area contributed by atoms with Crippen LogP contribution in [-0.4, -0.2) is 29.3 Å². The van der Waals surface area contributed by atoms with Crippen LogP contribution in [0.2, 0.25) is 0 Å². The number of aromatic nitrogens is 3. The van der Waals surface area contributed by atoms with Crippen LogP contribution in [0.1, 0.15) is 5.69 Å². The van der Waals surface area contributed by atoms with Gasteiger partial charge in [-0.2, -0.15) is 5.10 Å². The van der Waals surface area contributed by atoms with Gasteiger partial charge >= 0.3 is 0 Å². The fourth-order valence-corrected chi connectivity index (χ4v) is 3.48. The molecule has 0 aliphatic heterocycles. The van der Waals surface area contributed by atoms with Crippen molar-refractivity contribution >= 4 is 31.3 Å². The summed E-state index contributed by atoms with van der Waals surface area (Å²) in [5.41, 5.74) is 2.91. The summed E-state index contributed by atoms with van der Waals surface area (Å²) in [5.74, 6) is 0. The number of aryl methyl sites for hydroxylation is 1. The molecule has 0 spiro atoms. The molecule has 0 radical (unpaired) electrons. The molecule has 0 N–H and O–H groups in total. The first kappa shape index (κ1) is 14.2. The smallest absolute Gasteiger partial charge is 0.224 e. The topological polar surface area (TPSA) is 64.3 Å². The normalized spacial score (nSPS) is 12.0. The lowest BCUT2D eigenvalue weighted by molar-refractivity contribution is 0.584. The molecule has 2 aromatic heterocycles. The second-order valence-electron chi connectivity index (χ2n) is 4.78. The Morgan fingerprint density at radius 3 is 2.48 bits per heavy atom. The van der Waals surface area contributed by atoms with Crippen molar-refractivity contribution in [3.8, 4) is 11.3 Å². The molecule has 0 saturated carbocycles. The molecule has 7 heteroatoms. The SMILES string of the molecule is Cc1cc2c(Br)c(-c3ccccc3)nn2c(S(C)(=O)=O)n1. The molecule has 0 aliphatic carbocycles. The second-order valence-corrected chi connectivity index (χ2v) is 7.48. The zero-order chi connectivity index (χ0) is 15.2. The summed E-state index contributed by atoms with van der Waals surface area (Å²) in [4.78, 5) is 4.11. The summed E-state index contributed by atoms with van der Waals surface area (Å²) in [7, 11) is -3.47. The van der Waals surface area contributed by atoms with E-state index in [1.54, 1.807) is 13.0 Å². The average Bonchev–Trinajstić information content (AvgIpc) is 2.75. The molecule has 0 unspecified atom stereocenters. The zero-order valence-corrected chi connectivity index (χ0v) is 13.8. The van der Waals surface area contributed by atoms with Crippen LogP contribution >= 0.6 is 15.9 Å². The summed E-state index contributed by atoms with van der Waals surface area (Å²) >= 11 is 3.52. The molecule has 108 valence electrons. The monoisotopic (exact) mass is 365 g/mol.